The first-order valence-corrected chi connectivity index (χ1v) is 33.7. The Kier molecular flexibility index (Phi) is 13.3. The third-order valence-corrected chi connectivity index (χ3v) is 43.6. The Bertz CT molecular complexity index is 1450. The van der Waals surface area contributed by atoms with E-state index in [4.69, 9.17) is 0 Å². The van der Waals surface area contributed by atoms with Crippen LogP contribution in [0.2, 0.25) is 0 Å². The van der Waals surface area contributed by atoms with Gasteiger partial charge in [-0.1, -0.05) is 0 Å². The molecule has 1 heterocycles. The summed E-state index contributed by atoms with van der Waals surface area (Å²) < 4.78 is 0. The van der Waals surface area contributed by atoms with Gasteiger partial charge in [0.2, 0.25) is 0 Å². The van der Waals surface area contributed by atoms with Gasteiger partial charge in [0, 0.05) is 0 Å². The number of phenols is 2. The number of rotatable bonds is 8. The minimum atomic E-state index is -1.04. The minimum absolute atomic E-state index is 0.485. The van der Waals surface area contributed by atoms with Gasteiger partial charge in [0.05, 0.1) is 0 Å². The Morgan fingerprint density at radius 1 is 0.412 bits per heavy atom. The van der Waals surface area contributed by atoms with Crippen molar-refractivity contribution in [3.63, 3.8) is 0 Å². The van der Waals surface area contributed by atoms with Crippen LogP contribution >= 0.6 is 14.4 Å². The fourth-order valence-electron chi connectivity index (χ4n) is 11.4. The Hall–Kier alpha value is -0.390. The predicted molar refractivity (Wildman–Crippen MR) is 217 cm³/mol. The van der Waals surface area contributed by atoms with Gasteiger partial charge in [-0.2, -0.15) is 0 Å². The van der Waals surface area contributed by atoms with Crippen molar-refractivity contribution in [1.29, 1.82) is 0 Å². The van der Waals surface area contributed by atoms with Crippen LogP contribution in [0.4, 0.5) is 0 Å². The molecule has 280 valence electrons. The van der Waals surface area contributed by atoms with Crippen molar-refractivity contribution < 1.29 is 29.1 Å². The Morgan fingerprint density at radius 3 is 1.10 bits per heavy atom. The van der Waals surface area contributed by atoms with Crippen molar-refractivity contribution in [3.8, 4) is 11.5 Å². The Morgan fingerprint density at radius 2 is 0.725 bits per heavy atom. The first-order chi connectivity index (χ1) is 25.1. The van der Waals surface area contributed by atoms with E-state index in [9.17, 15) is 10.2 Å². The molecule has 5 aliphatic carbocycles. The van der Waals surface area contributed by atoms with Crippen LogP contribution in [0.1, 0.15) is 224 Å². The molecule has 5 heteroatoms. The van der Waals surface area contributed by atoms with Gasteiger partial charge in [0.1, 0.15) is 0 Å². The molecule has 2 aromatic rings. The van der Waals surface area contributed by atoms with E-state index in [0.717, 1.165) is 22.0 Å². The Balaban J connectivity index is 1.17. The molecule has 0 saturated heterocycles. The molecule has 6 aliphatic rings. The molecule has 5 fully saturated rings. The maximum atomic E-state index is 12.2. The number of hydrogen-bond acceptors (Lipinski definition) is 2. The molecule has 2 N–H and O–H groups in total. The van der Waals surface area contributed by atoms with Crippen LogP contribution in [0.3, 0.4) is 0 Å². The topological polar surface area (TPSA) is 40.5 Å². The van der Waals surface area contributed by atoms with Crippen LogP contribution in [0.15, 0.2) is 24.3 Å². The van der Waals surface area contributed by atoms with Crippen molar-refractivity contribution in [1.82, 2.24) is 0 Å². The summed E-state index contributed by atoms with van der Waals surface area (Å²) in [5.74, 6) is 6.35. The normalized spacial score (nSPS) is 29.1. The first-order valence-electron chi connectivity index (χ1n) is 22.0. The summed E-state index contributed by atoms with van der Waals surface area (Å²) in [6.45, 7) is 0. The van der Waals surface area contributed by atoms with E-state index in [1.165, 1.54) is 201 Å². The maximum absolute atomic E-state index is 12.2. The van der Waals surface area contributed by atoms with Gasteiger partial charge in [0.25, 0.3) is 0 Å². The molecule has 2 nitrogen and oxygen atoms in total. The van der Waals surface area contributed by atoms with E-state index >= 15 is 0 Å². The second kappa shape index (κ2) is 18.0. The third-order valence-electron chi connectivity index (χ3n) is 14.4. The molecule has 4 atom stereocenters. The molecule has 51 heavy (non-hydrogen) atoms. The second-order valence-electron chi connectivity index (χ2n) is 17.9. The van der Waals surface area contributed by atoms with Gasteiger partial charge in [-0.25, -0.2) is 0 Å². The molecule has 0 bridgehead atoms. The molecule has 0 amide bonds. The fraction of sp³-hybridized carbons (Fsp3) is 0.739. The van der Waals surface area contributed by atoms with E-state index in [2.05, 4.69) is 24.3 Å². The van der Waals surface area contributed by atoms with Crippen molar-refractivity contribution >= 4 is 14.4 Å². The number of hydrogen-bond donors (Lipinski definition) is 2. The van der Waals surface area contributed by atoms with Crippen LogP contribution < -0.4 is 0 Å². The number of benzene rings is 2. The van der Waals surface area contributed by atoms with Crippen molar-refractivity contribution in [2.24, 2.45) is 0 Å². The number of fused-ring (bicyclic) bond motifs is 1. The van der Waals surface area contributed by atoms with Crippen molar-refractivity contribution in [2.75, 3.05) is 0 Å². The zero-order chi connectivity index (χ0) is 34.6. The number of phenolic OH excluding ortho intramolecular Hbond substituents is 2. The molecule has 0 radical (unpaired) electrons. The summed E-state index contributed by atoms with van der Waals surface area (Å²) in [6, 6.07) is 10.1. The SMILES string of the molecule is Oc1c(C[S]2=[Hf]=[S](Cc3cc(C4CCCCC4)cc(C4CCCCC4)c3O)[C@H]3CCCCCCC32)cc(C2CCCCC2)cc1C1CCCCC1. The van der Waals surface area contributed by atoms with E-state index in [1.54, 1.807) is 11.1 Å². The summed E-state index contributed by atoms with van der Waals surface area (Å²) in [6.07, 6.45) is 35.4. The van der Waals surface area contributed by atoms with Gasteiger partial charge < -0.3 is 0 Å². The Labute approximate surface area is 322 Å². The van der Waals surface area contributed by atoms with Gasteiger partial charge in [-0.15, -0.1) is 0 Å². The molecule has 3 unspecified atom stereocenters. The fourth-order valence-corrected chi connectivity index (χ4v) is 50.5. The van der Waals surface area contributed by atoms with Crippen LogP contribution in [0.5, 0.6) is 11.5 Å². The molecule has 8 rings (SSSR count). The van der Waals surface area contributed by atoms with Gasteiger partial charge in [-0.3, -0.25) is 0 Å². The first kappa shape index (κ1) is 37.5. The molecule has 2 aromatic carbocycles. The van der Waals surface area contributed by atoms with E-state index in [1.807, 2.05) is 0 Å². The zero-order valence-electron chi connectivity index (χ0n) is 31.8. The van der Waals surface area contributed by atoms with E-state index in [0.29, 0.717) is 38.1 Å². The average Bonchev–Trinajstić information content (AvgIpc) is 3.47. The average molecular weight is 896 g/mol. The predicted octanol–water partition coefficient (Wildman–Crippen LogP) is 14.5. The summed E-state index contributed by atoms with van der Waals surface area (Å²) in [5, 5.41) is 26.1. The van der Waals surface area contributed by atoms with Gasteiger partial charge in [-0.05, 0) is 0 Å². The summed E-state index contributed by atoms with van der Waals surface area (Å²) >= 11 is -1.04. The summed E-state index contributed by atoms with van der Waals surface area (Å²) in [5.41, 5.74) is 8.60. The van der Waals surface area contributed by atoms with Gasteiger partial charge in [0.15, 0.2) is 0 Å². The van der Waals surface area contributed by atoms with Crippen molar-refractivity contribution in [3.05, 3.63) is 57.6 Å². The van der Waals surface area contributed by atoms with Crippen LogP contribution in [-0.2, 0) is 30.4 Å². The molecular formula is C46H68HfO2S2. The summed E-state index contributed by atoms with van der Waals surface area (Å²) in [7, 11) is 0.970. The monoisotopic (exact) mass is 896 g/mol. The third kappa shape index (κ3) is 8.87. The standard InChI is InChI=1S/C46H68O2S2.Hf/c47-45-39(27-37(33-17-7-3-8-18-33)29-41(45)35-21-11-5-12-22-35)31-49-43-25-15-1-2-16-26-44(43)50-32-40-28-38(34-19-9-4-10-20-34)30-42(46(40)48)36-23-13-6-14-24-36;/h27-30,33-36,43-44,47-48H,1-26,31-32H2;/t43-,44?;/m0./s1. The van der Waals surface area contributed by atoms with Crippen LogP contribution in [0.25, 0.3) is 0 Å². The molecule has 0 aromatic heterocycles. The number of aromatic hydroxyl groups is 2. The summed E-state index contributed by atoms with van der Waals surface area (Å²) in [4.78, 5) is 0. The second-order valence-corrected chi connectivity index (χ2v) is 38.7. The zero-order valence-corrected chi connectivity index (χ0v) is 37.0. The van der Waals surface area contributed by atoms with Crippen LogP contribution in [-0.4, -0.2) is 20.7 Å². The van der Waals surface area contributed by atoms with E-state index < -0.39 is 18.9 Å². The van der Waals surface area contributed by atoms with E-state index in [-0.39, 0.29) is 0 Å². The molecule has 5 saturated carbocycles. The molecular weight excluding hydrogens is 827 g/mol. The van der Waals surface area contributed by atoms with Gasteiger partial charge >= 0.3 is 325 Å². The van der Waals surface area contributed by atoms with Crippen molar-refractivity contribution in [2.45, 2.75) is 213 Å². The van der Waals surface area contributed by atoms with Crippen LogP contribution in [0, 0.1) is 0 Å². The molecule has 1 aliphatic heterocycles. The molecule has 0 spiro atoms. The quantitative estimate of drug-likeness (QED) is 0.259.